The zero-order valence-electron chi connectivity index (χ0n) is 4.65. The highest BCUT2D eigenvalue weighted by Crippen LogP contribution is 1.90. The maximum Gasteiger partial charge on any atom is 0.00647 e. The Labute approximate surface area is 44.2 Å². The van der Waals surface area contributed by atoms with Gasteiger partial charge in [-0.3, -0.25) is 0 Å². The number of nitrogens with two attached hydrogens (primary N) is 2. The summed E-state index contributed by atoms with van der Waals surface area (Å²) in [7, 11) is 0. The fourth-order valence-corrected chi connectivity index (χ4v) is 0.414. The van der Waals surface area contributed by atoms with Crippen LogP contribution in [0.4, 0.5) is 0 Å². The fourth-order valence-electron chi connectivity index (χ4n) is 0.414. The summed E-state index contributed by atoms with van der Waals surface area (Å²) in [6.45, 7) is 5.39. The minimum atomic E-state index is 0.150. The maximum atomic E-state index is 5.35. The molecule has 2 heteroatoms. The zero-order valence-corrected chi connectivity index (χ0v) is 4.65. The van der Waals surface area contributed by atoms with E-state index in [9.17, 15) is 0 Å². The third kappa shape index (κ3) is 5.50. The molecule has 7 heavy (non-hydrogen) atoms. The molecule has 1 unspecified atom stereocenters. The summed E-state index contributed by atoms with van der Waals surface area (Å²) in [6, 6.07) is 0.150. The topological polar surface area (TPSA) is 52.0 Å². The van der Waals surface area contributed by atoms with Crippen molar-refractivity contribution in [2.45, 2.75) is 19.4 Å². The highest BCUT2D eigenvalue weighted by Gasteiger charge is 1.90. The van der Waals surface area contributed by atoms with E-state index in [0.717, 1.165) is 6.42 Å². The first-order valence-corrected chi connectivity index (χ1v) is 2.31. The lowest BCUT2D eigenvalue weighted by Gasteiger charge is -2.00. The molecule has 0 amide bonds. The van der Waals surface area contributed by atoms with Crippen LogP contribution in [-0.4, -0.2) is 6.04 Å². The molecule has 0 aliphatic rings. The Morgan fingerprint density at radius 2 is 2.29 bits per heavy atom. The van der Waals surface area contributed by atoms with Gasteiger partial charge in [-0.1, -0.05) is 6.58 Å². The Balaban J connectivity index is 3.13. The van der Waals surface area contributed by atoms with Gasteiger partial charge in [0, 0.05) is 18.2 Å². The first-order valence-electron chi connectivity index (χ1n) is 2.31. The molecule has 0 spiro atoms. The van der Waals surface area contributed by atoms with Crippen molar-refractivity contribution in [1.82, 2.24) is 0 Å². The van der Waals surface area contributed by atoms with Gasteiger partial charge < -0.3 is 11.5 Å². The van der Waals surface area contributed by atoms with Crippen molar-refractivity contribution in [3.63, 3.8) is 0 Å². The van der Waals surface area contributed by atoms with Crippen LogP contribution >= 0.6 is 0 Å². The lowest BCUT2D eigenvalue weighted by molar-refractivity contribution is 0.728. The van der Waals surface area contributed by atoms with E-state index >= 15 is 0 Å². The van der Waals surface area contributed by atoms with Crippen molar-refractivity contribution in [2.24, 2.45) is 11.5 Å². The Bertz CT molecular complexity index is 66.5. The lowest BCUT2D eigenvalue weighted by atomic mass is 10.2. The molecular weight excluding hydrogens is 88.1 g/mol. The minimum Gasteiger partial charge on any atom is -0.402 e. The van der Waals surface area contributed by atoms with Gasteiger partial charge in [-0.2, -0.15) is 0 Å². The van der Waals surface area contributed by atoms with Crippen LogP contribution in [0.5, 0.6) is 0 Å². The fraction of sp³-hybridized carbons (Fsp3) is 0.600. The standard InChI is InChI=1S/C5H12N2/c1-4(6)3-5(2)7/h5H,1,3,6-7H2,2H3. The van der Waals surface area contributed by atoms with Gasteiger partial charge >= 0.3 is 0 Å². The van der Waals surface area contributed by atoms with Crippen LogP contribution in [0.1, 0.15) is 13.3 Å². The van der Waals surface area contributed by atoms with Crippen LogP contribution in [-0.2, 0) is 0 Å². The van der Waals surface area contributed by atoms with E-state index in [1.807, 2.05) is 6.92 Å². The second kappa shape index (κ2) is 2.64. The molecule has 0 saturated carbocycles. The summed E-state index contributed by atoms with van der Waals surface area (Å²) < 4.78 is 0. The van der Waals surface area contributed by atoms with Crippen LogP contribution in [0.15, 0.2) is 12.3 Å². The number of hydrogen-bond acceptors (Lipinski definition) is 2. The zero-order chi connectivity index (χ0) is 5.86. The number of hydrogen-bond donors (Lipinski definition) is 2. The third-order valence-corrected chi connectivity index (χ3v) is 0.584. The van der Waals surface area contributed by atoms with E-state index in [1.54, 1.807) is 0 Å². The second-order valence-corrected chi connectivity index (χ2v) is 1.84. The highest BCUT2D eigenvalue weighted by atomic mass is 14.6. The molecule has 4 N–H and O–H groups in total. The molecule has 0 aromatic carbocycles. The summed E-state index contributed by atoms with van der Waals surface area (Å²) in [5.41, 5.74) is 11.2. The number of rotatable bonds is 2. The van der Waals surface area contributed by atoms with E-state index in [1.165, 1.54) is 0 Å². The van der Waals surface area contributed by atoms with Crippen molar-refractivity contribution in [1.29, 1.82) is 0 Å². The second-order valence-electron chi connectivity index (χ2n) is 1.84. The van der Waals surface area contributed by atoms with Crippen LogP contribution in [0.3, 0.4) is 0 Å². The lowest BCUT2D eigenvalue weighted by Crippen LogP contribution is -2.17. The van der Waals surface area contributed by atoms with Crippen molar-refractivity contribution in [3.05, 3.63) is 12.3 Å². The minimum absolute atomic E-state index is 0.150. The summed E-state index contributed by atoms with van der Waals surface area (Å²) in [5.74, 6) is 0. The third-order valence-electron chi connectivity index (χ3n) is 0.584. The molecule has 0 aliphatic heterocycles. The Hall–Kier alpha value is -0.500. The van der Waals surface area contributed by atoms with Crippen molar-refractivity contribution in [2.75, 3.05) is 0 Å². The Morgan fingerprint density at radius 1 is 1.86 bits per heavy atom. The average molecular weight is 100 g/mol. The summed E-state index contributed by atoms with van der Waals surface area (Å²) >= 11 is 0. The first kappa shape index (κ1) is 6.50. The molecule has 1 atom stereocenters. The highest BCUT2D eigenvalue weighted by molar-refractivity contribution is 4.88. The normalized spacial score (nSPS) is 13.4. The van der Waals surface area contributed by atoms with E-state index in [4.69, 9.17) is 11.5 Å². The molecule has 0 fully saturated rings. The predicted molar refractivity (Wildman–Crippen MR) is 31.6 cm³/mol. The van der Waals surface area contributed by atoms with Crippen LogP contribution < -0.4 is 11.5 Å². The quantitative estimate of drug-likeness (QED) is 0.520. The van der Waals surface area contributed by atoms with E-state index in [2.05, 4.69) is 6.58 Å². The molecule has 0 rings (SSSR count). The summed E-state index contributed by atoms with van der Waals surface area (Å²) in [4.78, 5) is 0. The van der Waals surface area contributed by atoms with Gasteiger partial charge in [-0.05, 0) is 6.92 Å². The molecule has 2 nitrogen and oxygen atoms in total. The molecule has 0 radical (unpaired) electrons. The smallest absolute Gasteiger partial charge is 0.00647 e. The van der Waals surface area contributed by atoms with Gasteiger partial charge in [0.25, 0.3) is 0 Å². The Kier molecular flexibility index (Phi) is 2.45. The molecule has 0 aromatic heterocycles. The van der Waals surface area contributed by atoms with Crippen molar-refractivity contribution < 1.29 is 0 Å². The van der Waals surface area contributed by atoms with Crippen LogP contribution in [0, 0.1) is 0 Å². The SMILES string of the molecule is C=C(N)CC(C)N. The average Bonchev–Trinajstić information content (AvgIpc) is 1.27. The Morgan fingerprint density at radius 3 is 2.29 bits per heavy atom. The van der Waals surface area contributed by atoms with Gasteiger partial charge in [0.15, 0.2) is 0 Å². The predicted octanol–water partition coefficient (Wildman–Crippen LogP) is 0.196. The van der Waals surface area contributed by atoms with Gasteiger partial charge in [0.1, 0.15) is 0 Å². The van der Waals surface area contributed by atoms with Crippen LogP contribution in [0.2, 0.25) is 0 Å². The maximum absolute atomic E-state index is 5.35. The van der Waals surface area contributed by atoms with E-state index < -0.39 is 0 Å². The summed E-state index contributed by atoms with van der Waals surface area (Å²) in [6.07, 6.45) is 0.722. The molecular formula is C5H12N2. The first-order chi connectivity index (χ1) is 3.13. The largest absolute Gasteiger partial charge is 0.402 e. The molecule has 0 aromatic rings. The van der Waals surface area contributed by atoms with Gasteiger partial charge in [-0.25, -0.2) is 0 Å². The van der Waals surface area contributed by atoms with Crippen molar-refractivity contribution in [3.8, 4) is 0 Å². The van der Waals surface area contributed by atoms with Gasteiger partial charge in [0.2, 0.25) is 0 Å². The molecule has 42 valence electrons. The van der Waals surface area contributed by atoms with Gasteiger partial charge in [-0.15, -0.1) is 0 Å². The molecule has 0 saturated heterocycles. The molecule has 0 aliphatic carbocycles. The van der Waals surface area contributed by atoms with E-state index in [-0.39, 0.29) is 6.04 Å². The van der Waals surface area contributed by atoms with Gasteiger partial charge in [0.05, 0.1) is 0 Å². The monoisotopic (exact) mass is 100 g/mol. The van der Waals surface area contributed by atoms with Crippen LogP contribution in [0.25, 0.3) is 0 Å². The molecule has 0 bridgehead atoms. The van der Waals surface area contributed by atoms with E-state index in [0.29, 0.717) is 5.70 Å². The molecule has 0 heterocycles. The summed E-state index contributed by atoms with van der Waals surface area (Å²) in [5, 5.41) is 0. The van der Waals surface area contributed by atoms with Crippen molar-refractivity contribution >= 4 is 0 Å².